The smallest absolute Gasteiger partial charge is 0.103 e. The van der Waals surface area contributed by atoms with Crippen LogP contribution in [0.15, 0.2) is 72.8 Å². The first-order chi connectivity index (χ1) is 11.4. The van der Waals surface area contributed by atoms with E-state index in [2.05, 4.69) is 0 Å². The molecule has 23 heavy (non-hydrogen) atoms. The molecule has 1 N–H and O–H groups in total. The lowest BCUT2D eigenvalue weighted by Crippen LogP contribution is -2.33. The number of rotatable bonds is 7. The number of aliphatic hydroxyl groups is 1. The molecule has 0 bridgehead atoms. The highest BCUT2D eigenvalue weighted by atomic mass is 16.5. The molecule has 2 aromatic carbocycles. The molecule has 3 atom stereocenters. The molecule has 0 saturated heterocycles. The Balaban J connectivity index is 1.58. The third-order valence-electron chi connectivity index (χ3n) is 4.08. The average Bonchev–Trinajstić information content (AvgIpc) is 3.02. The van der Waals surface area contributed by atoms with Crippen molar-refractivity contribution >= 4 is 0 Å². The summed E-state index contributed by atoms with van der Waals surface area (Å²) in [6, 6.07) is 20.1. The second kappa shape index (κ2) is 8.06. The third-order valence-corrected chi connectivity index (χ3v) is 4.08. The Kier molecular flexibility index (Phi) is 5.59. The zero-order chi connectivity index (χ0) is 15.9. The van der Waals surface area contributed by atoms with Gasteiger partial charge in [0.2, 0.25) is 0 Å². The SMILES string of the molecule is OC[C@@H]1C=C[C@H](OCc2ccccc2)[C@@H]1OCc1ccccc1. The summed E-state index contributed by atoms with van der Waals surface area (Å²) in [4.78, 5) is 0. The molecule has 3 rings (SSSR count). The lowest BCUT2D eigenvalue weighted by molar-refractivity contribution is -0.0801. The maximum atomic E-state index is 9.55. The maximum Gasteiger partial charge on any atom is 0.103 e. The molecular weight excluding hydrogens is 288 g/mol. The minimum absolute atomic E-state index is 0.0144. The summed E-state index contributed by atoms with van der Waals surface area (Å²) in [5.41, 5.74) is 2.26. The van der Waals surface area contributed by atoms with E-state index in [-0.39, 0.29) is 24.7 Å². The zero-order valence-corrected chi connectivity index (χ0v) is 13.0. The summed E-state index contributed by atoms with van der Waals surface area (Å²) in [6.07, 6.45) is 3.71. The fourth-order valence-electron chi connectivity index (χ4n) is 2.78. The van der Waals surface area contributed by atoms with Crippen LogP contribution in [0.5, 0.6) is 0 Å². The number of benzene rings is 2. The lowest BCUT2D eigenvalue weighted by Gasteiger charge is -2.25. The van der Waals surface area contributed by atoms with Crippen molar-refractivity contribution in [2.45, 2.75) is 25.4 Å². The van der Waals surface area contributed by atoms with Gasteiger partial charge in [0.25, 0.3) is 0 Å². The van der Waals surface area contributed by atoms with Crippen LogP contribution in [0.1, 0.15) is 11.1 Å². The van der Waals surface area contributed by atoms with Crippen LogP contribution in [-0.4, -0.2) is 23.9 Å². The quantitative estimate of drug-likeness (QED) is 0.797. The van der Waals surface area contributed by atoms with Crippen molar-refractivity contribution in [3.05, 3.63) is 83.9 Å². The van der Waals surface area contributed by atoms with Gasteiger partial charge in [0.05, 0.1) is 25.9 Å². The lowest BCUT2D eigenvalue weighted by atomic mass is 10.1. The average molecular weight is 310 g/mol. The molecule has 1 aliphatic rings. The number of ether oxygens (including phenoxy) is 2. The van der Waals surface area contributed by atoms with Crippen LogP contribution in [0.4, 0.5) is 0 Å². The van der Waals surface area contributed by atoms with Crippen LogP contribution in [-0.2, 0) is 22.7 Å². The van der Waals surface area contributed by atoms with Crippen LogP contribution in [0.3, 0.4) is 0 Å². The van der Waals surface area contributed by atoms with E-state index in [1.165, 1.54) is 0 Å². The summed E-state index contributed by atoms with van der Waals surface area (Å²) in [6.45, 7) is 1.13. The van der Waals surface area contributed by atoms with E-state index in [1.54, 1.807) is 0 Å². The predicted octanol–water partition coefficient (Wildman–Crippen LogP) is 3.34. The molecule has 0 heterocycles. The highest BCUT2D eigenvalue weighted by Gasteiger charge is 2.32. The molecule has 3 heteroatoms. The van der Waals surface area contributed by atoms with Crippen LogP contribution in [0.2, 0.25) is 0 Å². The Morgan fingerprint density at radius 2 is 1.30 bits per heavy atom. The number of hydrogen-bond acceptors (Lipinski definition) is 3. The maximum absolute atomic E-state index is 9.55. The Morgan fingerprint density at radius 3 is 1.87 bits per heavy atom. The summed E-state index contributed by atoms with van der Waals surface area (Å²) < 4.78 is 12.0. The molecule has 2 aromatic rings. The number of aliphatic hydroxyl groups excluding tert-OH is 1. The standard InChI is InChI=1S/C20H22O3/c21-13-18-11-12-19(22-14-16-7-3-1-4-8-16)20(18)23-15-17-9-5-2-6-10-17/h1-12,18-21H,13-15H2/t18-,19-,20+/m0/s1. The van der Waals surface area contributed by atoms with E-state index in [0.29, 0.717) is 13.2 Å². The molecule has 3 nitrogen and oxygen atoms in total. The number of hydrogen-bond donors (Lipinski definition) is 1. The van der Waals surface area contributed by atoms with E-state index < -0.39 is 0 Å². The van der Waals surface area contributed by atoms with Crippen molar-refractivity contribution in [3.63, 3.8) is 0 Å². The molecular formula is C20H22O3. The van der Waals surface area contributed by atoms with Gasteiger partial charge in [-0.2, -0.15) is 0 Å². The first-order valence-corrected chi connectivity index (χ1v) is 7.97. The predicted molar refractivity (Wildman–Crippen MR) is 89.8 cm³/mol. The van der Waals surface area contributed by atoms with Crippen LogP contribution in [0, 0.1) is 5.92 Å². The van der Waals surface area contributed by atoms with E-state index in [4.69, 9.17) is 9.47 Å². The van der Waals surface area contributed by atoms with Crippen molar-refractivity contribution in [1.29, 1.82) is 0 Å². The van der Waals surface area contributed by atoms with Gasteiger partial charge >= 0.3 is 0 Å². The van der Waals surface area contributed by atoms with E-state index in [0.717, 1.165) is 11.1 Å². The Labute approximate surface area is 137 Å². The van der Waals surface area contributed by atoms with E-state index in [9.17, 15) is 5.11 Å². The van der Waals surface area contributed by atoms with Crippen LogP contribution >= 0.6 is 0 Å². The molecule has 0 amide bonds. The normalized spacial score (nSPS) is 23.3. The van der Waals surface area contributed by atoms with Gasteiger partial charge in [-0.15, -0.1) is 0 Å². The molecule has 0 radical (unpaired) electrons. The fraction of sp³-hybridized carbons (Fsp3) is 0.300. The van der Waals surface area contributed by atoms with Gasteiger partial charge in [-0.25, -0.2) is 0 Å². The van der Waals surface area contributed by atoms with E-state index in [1.807, 2.05) is 72.8 Å². The van der Waals surface area contributed by atoms with Gasteiger partial charge in [-0.05, 0) is 11.1 Å². The fourth-order valence-corrected chi connectivity index (χ4v) is 2.78. The Bertz CT molecular complexity index is 609. The molecule has 1 aliphatic carbocycles. The van der Waals surface area contributed by atoms with Gasteiger partial charge in [-0.1, -0.05) is 72.8 Å². The van der Waals surface area contributed by atoms with Crippen molar-refractivity contribution in [1.82, 2.24) is 0 Å². The van der Waals surface area contributed by atoms with Crippen molar-refractivity contribution in [2.24, 2.45) is 5.92 Å². The first kappa shape index (κ1) is 15.9. The highest BCUT2D eigenvalue weighted by molar-refractivity contribution is 5.16. The van der Waals surface area contributed by atoms with Gasteiger partial charge in [0.1, 0.15) is 6.10 Å². The minimum Gasteiger partial charge on any atom is -0.396 e. The summed E-state index contributed by atoms with van der Waals surface area (Å²) >= 11 is 0. The summed E-state index contributed by atoms with van der Waals surface area (Å²) in [5.74, 6) is -0.0144. The molecule has 0 saturated carbocycles. The highest BCUT2D eigenvalue weighted by Crippen LogP contribution is 2.26. The van der Waals surface area contributed by atoms with Crippen LogP contribution < -0.4 is 0 Å². The minimum atomic E-state index is -0.149. The van der Waals surface area contributed by atoms with Crippen molar-refractivity contribution < 1.29 is 14.6 Å². The second-order valence-corrected chi connectivity index (χ2v) is 5.75. The Hall–Kier alpha value is -1.94. The van der Waals surface area contributed by atoms with Crippen LogP contribution in [0.25, 0.3) is 0 Å². The molecule has 120 valence electrons. The van der Waals surface area contributed by atoms with E-state index >= 15 is 0 Å². The summed E-state index contributed by atoms with van der Waals surface area (Å²) in [7, 11) is 0. The van der Waals surface area contributed by atoms with Gasteiger partial charge in [0.15, 0.2) is 0 Å². The van der Waals surface area contributed by atoms with Crippen molar-refractivity contribution in [3.8, 4) is 0 Å². The molecule has 0 unspecified atom stereocenters. The largest absolute Gasteiger partial charge is 0.396 e. The molecule has 0 fully saturated rings. The topological polar surface area (TPSA) is 38.7 Å². The molecule has 0 spiro atoms. The monoisotopic (exact) mass is 310 g/mol. The third kappa shape index (κ3) is 4.29. The Morgan fingerprint density at radius 1 is 0.739 bits per heavy atom. The summed E-state index contributed by atoms with van der Waals surface area (Å²) in [5, 5.41) is 9.55. The van der Waals surface area contributed by atoms with Gasteiger partial charge in [0, 0.05) is 5.92 Å². The molecule has 0 aliphatic heterocycles. The second-order valence-electron chi connectivity index (χ2n) is 5.75. The molecule has 0 aromatic heterocycles. The first-order valence-electron chi connectivity index (χ1n) is 7.97. The zero-order valence-electron chi connectivity index (χ0n) is 13.0. The van der Waals surface area contributed by atoms with Gasteiger partial charge in [-0.3, -0.25) is 0 Å². The van der Waals surface area contributed by atoms with Crippen molar-refractivity contribution in [2.75, 3.05) is 6.61 Å². The van der Waals surface area contributed by atoms with Gasteiger partial charge < -0.3 is 14.6 Å².